The highest BCUT2D eigenvalue weighted by Gasteiger charge is 2.40. The van der Waals surface area contributed by atoms with Crippen LogP contribution >= 0.6 is 0 Å². The van der Waals surface area contributed by atoms with Gasteiger partial charge in [0.15, 0.2) is 0 Å². The molecule has 15 amide bonds. The summed E-state index contributed by atoms with van der Waals surface area (Å²) in [4.78, 5) is 252. The molecule has 0 radical (unpaired) electrons. The van der Waals surface area contributed by atoms with Gasteiger partial charge in [-0.1, -0.05) is 161 Å². The van der Waals surface area contributed by atoms with Crippen LogP contribution in [0.15, 0.2) is 146 Å². The van der Waals surface area contributed by atoms with Crippen molar-refractivity contribution in [3.8, 4) is 5.75 Å². The molecule has 0 saturated heterocycles. The first-order valence-corrected chi connectivity index (χ1v) is 44.5. The third-order valence-corrected chi connectivity index (χ3v) is 21.4. The highest BCUT2D eigenvalue weighted by atomic mass is 16.4. The zero-order valence-corrected chi connectivity index (χ0v) is 75.8. The molecule has 26 N–H and O–H groups in total. The van der Waals surface area contributed by atoms with Crippen LogP contribution in [0.3, 0.4) is 0 Å². The van der Waals surface area contributed by atoms with E-state index in [-0.39, 0.29) is 115 Å². The van der Waals surface area contributed by atoms with Crippen LogP contribution in [0.25, 0.3) is 0 Å². The Morgan fingerprint density at radius 2 is 0.549 bits per heavy atom. The number of carbonyl (C=O) groups excluding carboxylic acids is 15. The highest BCUT2D eigenvalue weighted by Crippen LogP contribution is 2.19. The molecule has 14 atom stereocenters. The smallest absolute Gasteiger partial charge is 0.305 e. The van der Waals surface area contributed by atoms with Gasteiger partial charge < -0.3 is 118 Å². The summed E-state index contributed by atoms with van der Waals surface area (Å²) in [5.41, 5.74) is 25.9. The number of unbranched alkanes of at least 4 members (excludes halogenated alkanes) is 3. The molecule has 40 heteroatoms. The molecule has 5 aromatic rings. The summed E-state index contributed by atoms with van der Waals surface area (Å²) in [6.45, 7) is 9.43. The molecule has 724 valence electrons. The Kier molecular flexibility index (Phi) is 48.0. The topological polar surface area (TPSA) is 661 Å². The minimum absolute atomic E-state index is 0.0138. The van der Waals surface area contributed by atoms with Crippen LogP contribution in [-0.4, -0.2) is 231 Å². The van der Waals surface area contributed by atoms with E-state index in [4.69, 9.17) is 22.9 Å². The summed E-state index contributed by atoms with van der Waals surface area (Å²) >= 11 is 0. The van der Waals surface area contributed by atoms with Crippen LogP contribution in [0.1, 0.15) is 166 Å². The van der Waals surface area contributed by atoms with Gasteiger partial charge in [0.1, 0.15) is 90.3 Å². The van der Waals surface area contributed by atoms with Gasteiger partial charge in [-0.2, -0.15) is 0 Å². The molecule has 0 aliphatic carbocycles. The van der Waals surface area contributed by atoms with Crippen molar-refractivity contribution in [2.75, 3.05) is 19.6 Å². The lowest BCUT2D eigenvalue weighted by Crippen LogP contribution is -2.62. The Morgan fingerprint density at radius 3 is 0.857 bits per heavy atom. The van der Waals surface area contributed by atoms with Crippen molar-refractivity contribution in [3.63, 3.8) is 0 Å². The van der Waals surface area contributed by atoms with Crippen molar-refractivity contribution in [3.05, 3.63) is 173 Å². The number of phenols is 1. The van der Waals surface area contributed by atoms with Gasteiger partial charge in [-0.25, -0.2) is 0 Å². The Hall–Kier alpha value is -13.8. The molecule has 0 aliphatic heterocycles. The molecule has 0 fully saturated rings. The van der Waals surface area contributed by atoms with Crippen molar-refractivity contribution in [2.24, 2.45) is 34.8 Å². The molecule has 14 unspecified atom stereocenters. The molecule has 133 heavy (non-hydrogen) atoms. The van der Waals surface area contributed by atoms with E-state index in [2.05, 4.69) is 74.4 Å². The number of aromatic hydroxyl groups is 1. The molecule has 0 saturated carbocycles. The number of carbonyl (C=O) groups is 18. The summed E-state index contributed by atoms with van der Waals surface area (Å²) in [5.74, 6) is -20.2. The largest absolute Gasteiger partial charge is 0.508 e. The van der Waals surface area contributed by atoms with E-state index in [9.17, 15) is 102 Å². The number of phenolic OH excluding ortho intramolecular Hbond substituents is 1. The lowest BCUT2D eigenvalue weighted by molar-refractivity contribution is -0.142. The Morgan fingerprint density at radius 1 is 0.286 bits per heavy atom. The average molecular weight is 1850 g/mol. The predicted octanol–water partition coefficient (Wildman–Crippen LogP) is -0.489. The molecule has 0 aromatic heterocycles. The van der Waals surface area contributed by atoms with Crippen LogP contribution in [0, 0.1) is 11.8 Å². The first kappa shape index (κ1) is 110. The second kappa shape index (κ2) is 58.1. The number of amides is 15. The summed E-state index contributed by atoms with van der Waals surface area (Å²) in [6, 6.07) is 17.4. The number of aliphatic carboxylic acids is 3. The van der Waals surface area contributed by atoms with Crippen molar-refractivity contribution in [2.45, 2.75) is 255 Å². The zero-order valence-electron chi connectivity index (χ0n) is 75.8. The number of nitrogens with one attached hydrogen (secondary N) is 14. The molecular weight excluding hydrogens is 1720 g/mol. The second-order valence-corrected chi connectivity index (χ2v) is 33.4. The monoisotopic (exact) mass is 1850 g/mol. The SMILES string of the molecule is CC(=O)NC(C)C(=O)NC(Cc1ccccc1)C(=O)NC(Cc1ccc(O)cc1)C(=O)NC(CC(=O)O)C(=O)NC(CCCCN)C(=O)NC(C(=O)NC(Cc1ccccc1)C(=O)NC(CCC(=O)O)C(=O)NC(CCCCN)C(=O)NC(CC(C)C)C(=O)NC(CCCCN)C(=O)NC(CCC(=O)O)C(=O)NC(Cc1ccccc1)C(=O)NC(Cc1ccccc1)C(N)=O)C(C)C. The fraction of sp³-hybridized carbons (Fsp3) is 0.484. The molecule has 0 heterocycles. The number of nitrogens with two attached hydrogens (primary N) is 4. The van der Waals surface area contributed by atoms with Crippen LogP contribution in [0.4, 0.5) is 0 Å². The highest BCUT2D eigenvalue weighted by molar-refractivity contribution is 6.01. The molecule has 40 nitrogen and oxygen atoms in total. The van der Waals surface area contributed by atoms with Crippen LogP contribution in [0.5, 0.6) is 5.75 Å². The number of benzene rings is 5. The number of hydrogen-bond acceptors (Lipinski definition) is 22. The standard InChI is InChI=1S/C93H130N18O22/c1-54(2)47-70(87(127)100-64(33-19-22-44-94)82(122)102-68(41-43-77(116)117)85(125)107-72(50-60-29-15-9-16-30-60)89(129)104-69(80(97)120)48-58-25-11-7-12-26-58)106-83(123)65(34-20-23-45-95)99-84(124)67(40-42-76(114)115)103-88(128)74(51-61-31-17-10-18-32-61)110-93(133)79(55(3)4)111-86(126)66(35-21-24-46-96)101-92(132)75(53-78(118)119)109-91(131)73(52-62-36-38-63(113)39-37-62)108-90(130)71(49-59-27-13-8-14-28-59)105-81(121)56(5)98-57(6)112/h7-18,25-32,36-39,54-56,64-75,79,113H,19-24,33-35,40-53,94-96H2,1-6H3,(H2,97,120)(H,98,112)(H,99,124)(H,100,127)(H,101,132)(H,102,122)(H,103,128)(H,104,129)(H,105,121)(H,106,123)(H,107,125)(H,108,130)(H,109,131)(H,110,133)(H,111,126)(H,114,115)(H,116,117)(H,118,119). The molecule has 0 spiro atoms. The fourth-order valence-electron chi connectivity index (χ4n) is 14.2. The molecule has 5 rings (SSSR count). The maximum atomic E-state index is 15.0. The van der Waals surface area contributed by atoms with Gasteiger partial charge in [0.2, 0.25) is 88.6 Å². The minimum atomic E-state index is -1.99. The Bertz CT molecular complexity index is 4670. The third-order valence-electron chi connectivity index (χ3n) is 21.4. The summed E-state index contributed by atoms with van der Waals surface area (Å²) in [6.07, 6.45) is -3.79. The molecule has 5 aromatic carbocycles. The van der Waals surface area contributed by atoms with Gasteiger partial charge in [0, 0.05) is 51.9 Å². The number of carboxylic acid groups (broad SMARTS) is 3. The first-order valence-electron chi connectivity index (χ1n) is 44.5. The zero-order chi connectivity index (χ0) is 98.2. The van der Waals surface area contributed by atoms with Crippen LogP contribution < -0.4 is 97.4 Å². The Balaban J connectivity index is 1.41. The predicted molar refractivity (Wildman–Crippen MR) is 489 cm³/mol. The number of hydrogen-bond donors (Lipinski definition) is 22. The van der Waals surface area contributed by atoms with Crippen molar-refractivity contribution >= 4 is 107 Å². The number of rotatable bonds is 61. The first-order chi connectivity index (χ1) is 63.3. The van der Waals surface area contributed by atoms with E-state index in [1.165, 1.54) is 52.0 Å². The van der Waals surface area contributed by atoms with E-state index in [1.54, 1.807) is 135 Å². The fourth-order valence-corrected chi connectivity index (χ4v) is 14.2. The molecule has 0 aliphatic rings. The molecular formula is C93H130N18O22. The van der Waals surface area contributed by atoms with Gasteiger partial charge in [-0.3, -0.25) is 86.3 Å². The lowest BCUT2D eigenvalue weighted by Gasteiger charge is -2.29. The van der Waals surface area contributed by atoms with Crippen LogP contribution in [0.2, 0.25) is 0 Å². The third kappa shape index (κ3) is 41.1. The normalized spacial score (nSPS) is 14.2. The second-order valence-electron chi connectivity index (χ2n) is 33.4. The van der Waals surface area contributed by atoms with E-state index < -0.39 is 229 Å². The van der Waals surface area contributed by atoms with Gasteiger partial charge in [-0.15, -0.1) is 0 Å². The lowest BCUT2D eigenvalue weighted by atomic mass is 9.99. The number of carboxylic acids is 3. The van der Waals surface area contributed by atoms with E-state index in [1.807, 2.05) is 0 Å². The summed E-state index contributed by atoms with van der Waals surface area (Å²) in [7, 11) is 0. The van der Waals surface area contributed by atoms with Gasteiger partial charge in [0.25, 0.3) is 0 Å². The number of primary amides is 1. The van der Waals surface area contributed by atoms with Gasteiger partial charge in [0.05, 0.1) is 6.42 Å². The minimum Gasteiger partial charge on any atom is -0.508 e. The quantitative estimate of drug-likeness (QED) is 0.0218. The summed E-state index contributed by atoms with van der Waals surface area (Å²) < 4.78 is 0. The van der Waals surface area contributed by atoms with Gasteiger partial charge in [-0.05, 0) is 155 Å². The Labute approximate surface area is 772 Å². The maximum absolute atomic E-state index is 15.0. The summed E-state index contributed by atoms with van der Waals surface area (Å²) in [5, 5.41) is 76.4. The average Bonchev–Trinajstić information content (AvgIpc) is 0.848. The van der Waals surface area contributed by atoms with Crippen LogP contribution in [-0.2, 0) is 118 Å². The van der Waals surface area contributed by atoms with Crippen molar-refractivity contribution in [1.29, 1.82) is 0 Å². The molecule has 0 bridgehead atoms. The van der Waals surface area contributed by atoms with E-state index in [0.29, 0.717) is 40.7 Å². The van der Waals surface area contributed by atoms with E-state index in [0.717, 1.165) is 0 Å². The maximum Gasteiger partial charge on any atom is 0.305 e. The van der Waals surface area contributed by atoms with E-state index >= 15 is 4.79 Å². The van der Waals surface area contributed by atoms with Crippen molar-refractivity contribution in [1.82, 2.24) is 74.4 Å². The van der Waals surface area contributed by atoms with Crippen molar-refractivity contribution < 1.29 is 107 Å². The van der Waals surface area contributed by atoms with Gasteiger partial charge >= 0.3 is 17.9 Å².